The maximum atomic E-state index is 12.1. The monoisotopic (exact) mass is 275 g/mol. The zero-order valence-corrected chi connectivity index (χ0v) is 12.4. The van der Waals surface area contributed by atoms with Crippen LogP contribution in [0.2, 0.25) is 0 Å². The van der Waals surface area contributed by atoms with Crippen LogP contribution in [0.1, 0.15) is 31.9 Å². The molecule has 1 amide bonds. The predicted octanol–water partition coefficient (Wildman–Crippen LogP) is 2.63. The van der Waals surface area contributed by atoms with Gasteiger partial charge in [0.1, 0.15) is 0 Å². The van der Waals surface area contributed by atoms with E-state index in [4.69, 9.17) is 5.11 Å². The van der Waals surface area contributed by atoms with E-state index in [2.05, 4.69) is 6.92 Å². The molecule has 0 aliphatic rings. The Morgan fingerprint density at radius 1 is 1.05 bits per heavy atom. The van der Waals surface area contributed by atoms with Crippen molar-refractivity contribution >= 4 is 11.9 Å². The molecular weight excluding hydrogens is 254 g/mol. The summed E-state index contributed by atoms with van der Waals surface area (Å²) in [6, 6.07) is 8.06. The van der Waals surface area contributed by atoms with Crippen LogP contribution in [0, 0.1) is 0 Å². The molecule has 0 bridgehead atoms. The van der Waals surface area contributed by atoms with E-state index in [0.29, 0.717) is 6.54 Å². The maximum Gasteiger partial charge on any atom is 0.331 e. The average molecular weight is 275 g/mol. The summed E-state index contributed by atoms with van der Waals surface area (Å²) in [6.07, 6.45) is 0.981. The number of hydrogen-bond donors (Lipinski definition) is 1. The van der Waals surface area contributed by atoms with Gasteiger partial charge in [0.05, 0.1) is 0 Å². The number of benzene rings is 1. The van der Waals surface area contributed by atoms with Crippen LogP contribution in [-0.4, -0.2) is 28.9 Å². The van der Waals surface area contributed by atoms with Gasteiger partial charge in [-0.2, -0.15) is 0 Å². The van der Waals surface area contributed by atoms with Crippen molar-refractivity contribution in [2.24, 2.45) is 0 Å². The second kappa shape index (κ2) is 6.89. The zero-order valence-electron chi connectivity index (χ0n) is 12.4. The van der Waals surface area contributed by atoms with E-state index in [1.54, 1.807) is 14.0 Å². The molecule has 0 unspecified atom stereocenters. The number of aryl methyl sites for hydroxylation is 1. The quantitative estimate of drug-likeness (QED) is 0.840. The molecule has 4 heteroatoms. The van der Waals surface area contributed by atoms with Crippen molar-refractivity contribution in [3.8, 4) is 0 Å². The van der Waals surface area contributed by atoms with E-state index in [1.165, 1.54) is 17.4 Å². The van der Waals surface area contributed by atoms with E-state index in [9.17, 15) is 9.59 Å². The van der Waals surface area contributed by atoms with E-state index < -0.39 is 5.97 Å². The third kappa shape index (κ3) is 3.95. The van der Waals surface area contributed by atoms with E-state index in [1.807, 2.05) is 24.3 Å². The summed E-state index contributed by atoms with van der Waals surface area (Å²) in [6.45, 7) is 5.54. The third-order valence-corrected chi connectivity index (χ3v) is 3.40. The molecular formula is C16H21NO3. The fourth-order valence-corrected chi connectivity index (χ4v) is 1.83. The SMILES string of the molecule is CCc1ccc(CN(C)C(=O)C(C)=C(C)C(=O)O)cc1. The van der Waals surface area contributed by atoms with Gasteiger partial charge in [-0.3, -0.25) is 4.79 Å². The number of aliphatic carboxylic acids is 1. The molecule has 1 aromatic rings. The minimum Gasteiger partial charge on any atom is -0.478 e. The summed E-state index contributed by atoms with van der Waals surface area (Å²) in [5.41, 5.74) is 2.63. The normalized spacial score (nSPS) is 11.8. The van der Waals surface area contributed by atoms with E-state index in [-0.39, 0.29) is 17.1 Å². The second-order valence-corrected chi connectivity index (χ2v) is 4.89. The average Bonchev–Trinajstić information content (AvgIpc) is 2.45. The lowest BCUT2D eigenvalue weighted by Gasteiger charge is -2.18. The number of likely N-dealkylation sites (N-methyl/N-ethyl adjacent to an activating group) is 1. The summed E-state index contributed by atoms with van der Waals surface area (Å²) in [7, 11) is 1.68. The zero-order chi connectivity index (χ0) is 15.3. The van der Waals surface area contributed by atoms with Gasteiger partial charge < -0.3 is 10.0 Å². The Morgan fingerprint density at radius 3 is 2.00 bits per heavy atom. The first-order valence-corrected chi connectivity index (χ1v) is 6.60. The Kier molecular flexibility index (Phi) is 5.50. The highest BCUT2D eigenvalue weighted by molar-refractivity contribution is 6.01. The largest absolute Gasteiger partial charge is 0.478 e. The Balaban J connectivity index is 2.80. The van der Waals surface area contributed by atoms with Crippen LogP contribution >= 0.6 is 0 Å². The summed E-state index contributed by atoms with van der Waals surface area (Å²) in [5, 5.41) is 8.90. The Morgan fingerprint density at radius 2 is 1.55 bits per heavy atom. The van der Waals surface area contributed by atoms with Crippen LogP contribution in [-0.2, 0) is 22.6 Å². The van der Waals surface area contributed by atoms with Crippen LogP contribution < -0.4 is 0 Å². The smallest absolute Gasteiger partial charge is 0.331 e. The third-order valence-electron chi connectivity index (χ3n) is 3.40. The van der Waals surface area contributed by atoms with E-state index >= 15 is 0 Å². The van der Waals surface area contributed by atoms with Crippen molar-refractivity contribution in [1.82, 2.24) is 4.90 Å². The van der Waals surface area contributed by atoms with Gasteiger partial charge in [-0.05, 0) is 31.4 Å². The molecule has 0 saturated carbocycles. The number of hydrogen-bond acceptors (Lipinski definition) is 2. The Bertz CT molecular complexity index is 529. The molecule has 1 aromatic carbocycles. The van der Waals surface area contributed by atoms with Gasteiger partial charge in [-0.15, -0.1) is 0 Å². The van der Waals surface area contributed by atoms with Crippen molar-refractivity contribution in [3.05, 3.63) is 46.5 Å². The van der Waals surface area contributed by atoms with Gasteiger partial charge in [0.25, 0.3) is 0 Å². The molecule has 0 radical (unpaired) electrons. The molecule has 0 spiro atoms. The number of rotatable bonds is 5. The molecule has 0 aliphatic carbocycles. The summed E-state index contributed by atoms with van der Waals surface area (Å²) < 4.78 is 0. The van der Waals surface area contributed by atoms with Crippen LogP contribution in [0.4, 0.5) is 0 Å². The molecule has 0 fully saturated rings. The summed E-state index contributed by atoms with van der Waals surface area (Å²) >= 11 is 0. The number of carboxylic acids is 1. The number of amides is 1. The fraction of sp³-hybridized carbons (Fsp3) is 0.375. The van der Waals surface area contributed by atoms with Crippen molar-refractivity contribution in [2.45, 2.75) is 33.7 Å². The molecule has 0 aromatic heterocycles. The van der Waals surface area contributed by atoms with Crippen molar-refractivity contribution < 1.29 is 14.7 Å². The van der Waals surface area contributed by atoms with Crippen LogP contribution in [0.3, 0.4) is 0 Å². The minimum atomic E-state index is -1.06. The van der Waals surface area contributed by atoms with E-state index in [0.717, 1.165) is 12.0 Å². The first kappa shape index (κ1) is 16.0. The van der Waals surface area contributed by atoms with Gasteiger partial charge in [-0.1, -0.05) is 31.2 Å². The fourth-order valence-electron chi connectivity index (χ4n) is 1.83. The minimum absolute atomic E-state index is 0.0863. The van der Waals surface area contributed by atoms with Gasteiger partial charge >= 0.3 is 5.97 Å². The number of carboxylic acid groups (broad SMARTS) is 1. The lowest BCUT2D eigenvalue weighted by Crippen LogP contribution is -2.28. The maximum absolute atomic E-state index is 12.1. The second-order valence-electron chi connectivity index (χ2n) is 4.89. The molecule has 0 aliphatic heterocycles. The highest BCUT2D eigenvalue weighted by Crippen LogP contribution is 2.11. The summed E-state index contributed by atoms with van der Waals surface area (Å²) in [4.78, 5) is 24.5. The molecule has 20 heavy (non-hydrogen) atoms. The van der Waals surface area contributed by atoms with Crippen LogP contribution in [0.5, 0.6) is 0 Å². The molecule has 4 nitrogen and oxygen atoms in total. The molecule has 1 N–H and O–H groups in total. The number of carbonyl (C=O) groups excluding carboxylic acids is 1. The van der Waals surface area contributed by atoms with Crippen molar-refractivity contribution in [1.29, 1.82) is 0 Å². The Hall–Kier alpha value is -2.10. The molecule has 0 heterocycles. The predicted molar refractivity (Wildman–Crippen MR) is 78.3 cm³/mol. The first-order valence-electron chi connectivity index (χ1n) is 6.60. The molecule has 0 atom stereocenters. The van der Waals surface area contributed by atoms with Crippen LogP contribution in [0.25, 0.3) is 0 Å². The van der Waals surface area contributed by atoms with Gasteiger partial charge in [0.2, 0.25) is 5.91 Å². The highest BCUT2D eigenvalue weighted by Gasteiger charge is 2.16. The van der Waals surface area contributed by atoms with Crippen molar-refractivity contribution in [2.75, 3.05) is 7.05 Å². The van der Waals surface area contributed by atoms with Crippen LogP contribution in [0.15, 0.2) is 35.4 Å². The molecule has 1 rings (SSSR count). The Labute approximate surface area is 119 Å². The molecule has 0 saturated heterocycles. The first-order chi connectivity index (χ1) is 9.36. The topological polar surface area (TPSA) is 57.6 Å². The van der Waals surface area contributed by atoms with Gasteiger partial charge in [0, 0.05) is 24.7 Å². The van der Waals surface area contributed by atoms with Gasteiger partial charge in [0.15, 0.2) is 0 Å². The number of carbonyl (C=O) groups is 2. The molecule has 108 valence electrons. The summed E-state index contributed by atoms with van der Waals surface area (Å²) in [5.74, 6) is -1.32. The lowest BCUT2D eigenvalue weighted by atomic mass is 10.1. The van der Waals surface area contributed by atoms with Gasteiger partial charge in [-0.25, -0.2) is 4.79 Å². The standard InChI is InChI=1S/C16H21NO3/c1-5-13-6-8-14(9-7-13)10-17(4)15(18)11(2)12(3)16(19)20/h6-9H,5,10H2,1-4H3,(H,19,20). The lowest BCUT2D eigenvalue weighted by molar-refractivity contribution is -0.133. The highest BCUT2D eigenvalue weighted by atomic mass is 16.4. The number of nitrogens with zero attached hydrogens (tertiary/aromatic N) is 1. The van der Waals surface area contributed by atoms with Crippen molar-refractivity contribution in [3.63, 3.8) is 0 Å².